The number of hydrogen-bond donors (Lipinski definition) is 1. The smallest absolute Gasteiger partial charge is 0.0534 e. The predicted molar refractivity (Wildman–Crippen MR) is 61.8 cm³/mol. The van der Waals surface area contributed by atoms with Gasteiger partial charge < -0.3 is 5.32 Å². The molecule has 0 atom stereocenters. The molecule has 0 radical (unpaired) electrons. The SMILES string of the molecule is Cn1cc(CNCCc2ccnn2C)cn1. The second-order valence-corrected chi connectivity index (χ2v) is 3.90. The number of hydrogen-bond acceptors (Lipinski definition) is 3. The van der Waals surface area contributed by atoms with Crippen LogP contribution in [0.25, 0.3) is 0 Å². The summed E-state index contributed by atoms with van der Waals surface area (Å²) in [4.78, 5) is 0. The van der Waals surface area contributed by atoms with E-state index in [2.05, 4.69) is 15.5 Å². The van der Waals surface area contributed by atoms with E-state index in [9.17, 15) is 0 Å². The van der Waals surface area contributed by atoms with Crippen molar-refractivity contribution in [3.63, 3.8) is 0 Å². The van der Waals surface area contributed by atoms with Crippen LogP contribution in [0.2, 0.25) is 0 Å². The highest BCUT2D eigenvalue weighted by atomic mass is 15.3. The Labute approximate surface area is 95.1 Å². The Morgan fingerprint density at radius 1 is 1.31 bits per heavy atom. The van der Waals surface area contributed by atoms with Gasteiger partial charge in [0.25, 0.3) is 0 Å². The average Bonchev–Trinajstić information content (AvgIpc) is 2.83. The van der Waals surface area contributed by atoms with Crippen molar-refractivity contribution in [2.24, 2.45) is 14.1 Å². The lowest BCUT2D eigenvalue weighted by molar-refractivity contribution is 0.642. The average molecular weight is 219 g/mol. The molecule has 2 aromatic rings. The van der Waals surface area contributed by atoms with Crippen LogP contribution >= 0.6 is 0 Å². The first kappa shape index (κ1) is 10.9. The third-order valence-corrected chi connectivity index (χ3v) is 2.57. The Morgan fingerprint density at radius 3 is 2.81 bits per heavy atom. The third kappa shape index (κ3) is 2.70. The molecule has 2 aromatic heterocycles. The zero-order valence-electron chi connectivity index (χ0n) is 9.72. The molecule has 0 spiro atoms. The topological polar surface area (TPSA) is 47.7 Å². The maximum atomic E-state index is 4.13. The molecule has 0 fully saturated rings. The molecule has 5 heteroatoms. The molecule has 16 heavy (non-hydrogen) atoms. The van der Waals surface area contributed by atoms with Crippen molar-refractivity contribution >= 4 is 0 Å². The highest BCUT2D eigenvalue weighted by Gasteiger charge is 1.98. The van der Waals surface area contributed by atoms with Gasteiger partial charge in [-0.15, -0.1) is 0 Å². The van der Waals surface area contributed by atoms with Gasteiger partial charge in [0.2, 0.25) is 0 Å². The molecular weight excluding hydrogens is 202 g/mol. The maximum absolute atomic E-state index is 4.13. The van der Waals surface area contributed by atoms with Crippen LogP contribution in [0.4, 0.5) is 0 Å². The highest BCUT2D eigenvalue weighted by Crippen LogP contribution is 1.98. The van der Waals surface area contributed by atoms with Crippen LogP contribution in [0, 0.1) is 0 Å². The van der Waals surface area contributed by atoms with Gasteiger partial charge in [-0.2, -0.15) is 10.2 Å². The lowest BCUT2D eigenvalue weighted by Crippen LogP contribution is -2.17. The molecule has 1 N–H and O–H groups in total. The van der Waals surface area contributed by atoms with Crippen molar-refractivity contribution in [1.82, 2.24) is 24.9 Å². The summed E-state index contributed by atoms with van der Waals surface area (Å²) < 4.78 is 3.73. The van der Waals surface area contributed by atoms with Crippen LogP contribution < -0.4 is 5.32 Å². The van der Waals surface area contributed by atoms with E-state index < -0.39 is 0 Å². The Kier molecular flexibility index (Phi) is 3.36. The maximum Gasteiger partial charge on any atom is 0.0534 e. The summed E-state index contributed by atoms with van der Waals surface area (Å²) >= 11 is 0. The van der Waals surface area contributed by atoms with Crippen molar-refractivity contribution in [2.75, 3.05) is 6.54 Å². The molecule has 0 aromatic carbocycles. The van der Waals surface area contributed by atoms with Gasteiger partial charge in [-0.05, 0) is 6.07 Å². The van der Waals surface area contributed by atoms with Crippen molar-refractivity contribution in [3.05, 3.63) is 35.9 Å². The summed E-state index contributed by atoms with van der Waals surface area (Å²) in [7, 11) is 3.90. The molecule has 2 heterocycles. The molecule has 0 bridgehead atoms. The van der Waals surface area contributed by atoms with Crippen molar-refractivity contribution in [1.29, 1.82) is 0 Å². The summed E-state index contributed by atoms with van der Waals surface area (Å²) in [5, 5.41) is 11.6. The van der Waals surface area contributed by atoms with E-state index in [1.807, 2.05) is 48.1 Å². The summed E-state index contributed by atoms with van der Waals surface area (Å²) in [5.74, 6) is 0. The van der Waals surface area contributed by atoms with Gasteiger partial charge in [0.1, 0.15) is 0 Å². The van der Waals surface area contributed by atoms with Gasteiger partial charge in [0.15, 0.2) is 0 Å². The first-order valence-electron chi connectivity index (χ1n) is 5.41. The van der Waals surface area contributed by atoms with Gasteiger partial charge >= 0.3 is 0 Å². The molecule has 0 saturated carbocycles. The van der Waals surface area contributed by atoms with Crippen LogP contribution in [-0.4, -0.2) is 26.1 Å². The summed E-state index contributed by atoms with van der Waals surface area (Å²) in [6, 6.07) is 2.05. The fourth-order valence-corrected chi connectivity index (χ4v) is 1.66. The number of nitrogens with one attached hydrogen (secondary N) is 1. The zero-order valence-corrected chi connectivity index (χ0v) is 9.72. The van der Waals surface area contributed by atoms with E-state index in [1.165, 1.54) is 11.3 Å². The van der Waals surface area contributed by atoms with Gasteiger partial charge in [-0.3, -0.25) is 9.36 Å². The van der Waals surface area contributed by atoms with Gasteiger partial charge in [-0.25, -0.2) is 0 Å². The second kappa shape index (κ2) is 4.94. The van der Waals surface area contributed by atoms with Crippen LogP contribution in [-0.2, 0) is 27.1 Å². The molecular formula is C11H17N5. The Hall–Kier alpha value is -1.62. The number of nitrogens with zero attached hydrogens (tertiary/aromatic N) is 4. The monoisotopic (exact) mass is 219 g/mol. The van der Waals surface area contributed by atoms with E-state index >= 15 is 0 Å². The standard InChI is InChI=1S/C11H17N5/c1-15-9-10(8-14-15)7-12-5-3-11-4-6-13-16(11)2/h4,6,8-9,12H,3,5,7H2,1-2H3. The van der Waals surface area contributed by atoms with Crippen molar-refractivity contribution < 1.29 is 0 Å². The number of aromatic nitrogens is 4. The van der Waals surface area contributed by atoms with E-state index in [0.717, 1.165) is 19.5 Å². The first-order valence-corrected chi connectivity index (χ1v) is 5.41. The molecule has 5 nitrogen and oxygen atoms in total. The largest absolute Gasteiger partial charge is 0.312 e. The summed E-state index contributed by atoms with van der Waals surface area (Å²) in [6.45, 7) is 1.82. The normalized spacial score (nSPS) is 10.9. The lowest BCUT2D eigenvalue weighted by atomic mass is 10.3. The minimum atomic E-state index is 0.867. The summed E-state index contributed by atoms with van der Waals surface area (Å²) in [5.41, 5.74) is 2.46. The molecule has 86 valence electrons. The summed E-state index contributed by atoms with van der Waals surface area (Å²) in [6.07, 6.45) is 6.74. The predicted octanol–water partition coefficient (Wildman–Crippen LogP) is 0.486. The fraction of sp³-hybridized carbons (Fsp3) is 0.455. The first-order chi connectivity index (χ1) is 7.75. The van der Waals surface area contributed by atoms with Gasteiger partial charge in [0.05, 0.1) is 6.20 Å². The van der Waals surface area contributed by atoms with E-state index in [4.69, 9.17) is 0 Å². The minimum Gasteiger partial charge on any atom is -0.312 e. The van der Waals surface area contributed by atoms with Crippen LogP contribution in [0.1, 0.15) is 11.3 Å². The van der Waals surface area contributed by atoms with Gasteiger partial charge in [0, 0.05) is 57.3 Å². The minimum absolute atomic E-state index is 0.867. The fourth-order valence-electron chi connectivity index (χ4n) is 1.66. The molecule has 0 aliphatic carbocycles. The van der Waals surface area contributed by atoms with Crippen molar-refractivity contribution in [2.45, 2.75) is 13.0 Å². The van der Waals surface area contributed by atoms with E-state index in [1.54, 1.807) is 0 Å². The van der Waals surface area contributed by atoms with Crippen LogP contribution in [0.3, 0.4) is 0 Å². The second-order valence-electron chi connectivity index (χ2n) is 3.90. The van der Waals surface area contributed by atoms with Crippen LogP contribution in [0.15, 0.2) is 24.7 Å². The van der Waals surface area contributed by atoms with Crippen molar-refractivity contribution in [3.8, 4) is 0 Å². The van der Waals surface area contributed by atoms with E-state index in [-0.39, 0.29) is 0 Å². The number of rotatable bonds is 5. The molecule has 2 rings (SSSR count). The Balaban J connectivity index is 1.71. The third-order valence-electron chi connectivity index (χ3n) is 2.57. The van der Waals surface area contributed by atoms with Crippen LogP contribution in [0.5, 0.6) is 0 Å². The van der Waals surface area contributed by atoms with E-state index in [0.29, 0.717) is 0 Å². The molecule has 0 aliphatic rings. The molecule has 0 amide bonds. The Bertz CT molecular complexity index is 443. The molecule has 0 aliphatic heterocycles. The number of aryl methyl sites for hydroxylation is 2. The zero-order chi connectivity index (χ0) is 11.4. The molecule has 0 unspecified atom stereocenters. The van der Waals surface area contributed by atoms with Gasteiger partial charge in [-0.1, -0.05) is 0 Å². The Morgan fingerprint density at radius 2 is 2.19 bits per heavy atom. The lowest BCUT2D eigenvalue weighted by Gasteiger charge is -2.03. The quantitative estimate of drug-likeness (QED) is 0.744. The highest BCUT2D eigenvalue weighted by molar-refractivity contribution is 5.03. The molecule has 0 saturated heterocycles.